The first-order valence-corrected chi connectivity index (χ1v) is 3.87. The van der Waals surface area contributed by atoms with E-state index in [-0.39, 0.29) is 5.60 Å². The molecule has 1 atom stereocenters. The van der Waals surface area contributed by atoms with Gasteiger partial charge in [0.25, 0.3) is 0 Å². The van der Waals surface area contributed by atoms with Gasteiger partial charge >= 0.3 is 0 Å². The third-order valence-electron chi connectivity index (χ3n) is 1.72. The Labute approximate surface area is 62.3 Å². The Kier molecular flexibility index (Phi) is 2.09. The van der Waals surface area contributed by atoms with Gasteiger partial charge in [-0.2, -0.15) is 0 Å². The van der Waals surface area contributed by atoms with Gasteiger partial charge in [-0.15, -0.1) is 0 Å². The lowest BCUT2D eigenvalue weighted by Gasteiger charge is -2.00. The van der Waals surface area contributed by atoms with Crippen molar-refractivity contribution in [2.75, 3.05) is 6.61 Å². The maximum absolute atomic E-state index is 5.25. The molecule has 0 radical (unpaired) electrons. The van der Waals surface area contributed by atoms with Crippen molar-refractivity contribution in [3.63, 3.8) is 0 Å². The average Bonchev–Trinajstić information content (AvgIpc) is 2.64. The van der Waals surface area contributed by atoms with E-state index in [0.717, 1.165) is 13.0 Å². The predicted molar refractivity (Wildman–Crippen MR) is 42.6 cm³/mol. The van der Waals surface area contributed by atoms with Crippen molar-refractivity contribution in [3.05, 3.63) is 0 Å². The molecule has 58 valence electrons. The molecule has 0 aromatic rings. The van der Waals surface area contributed by atoms with Crippen molar-refractivity contribution < 1.29 is 4.74 Å². The number of hydrogen-bond acceptors (Lipinski definition) is 2. The molecule has 2 nitrogen and oxygen atoms in total. The Hall–Kier alpha value is -0.370. The fourth-order valence-electron chi connectivity index (χ4n) is 0.748. The zero-order chi connectivity index (χ0) is 7.61. The van der Waals surface area contributed by atoms with Gasteiger partial charge in [-0.05, 0) is 20.3 Å². The summed E-state index contributed by atoms with van der Waals surface area (Å²) in [5.41, 5.74) is 0.0320. The van der Waals surface area contributed by atoms with Crippen LogP contribution in [0.25, 0.3) is 0 Å². The normalized spacial score (nSPS) is 32.0. The van der Waals surface area contributed by atoms with Crippen LogP contribution in [0, 0.1) is 0 Å². The molecule has 0 amide bonds. The molecule has 0 aromatic heterocycles. The molecule has 0 saturated carbocycles. The Morgan fingerprint density at radius 2 is 2.30 bits per heavy atom. The SMILES string of the molecule is CCC1(C=NC(C)C)CO1. The average molecular weight is 141 g/mol. The van der Waals surface area contributed by atoms with Crippen LogP contribution in [0.2, 0.25) is 0 Å². The smallest absolute Gasteiger partial charge is 0.126 e. The zero-order valence-corrected chi connectivity index (χ0v) is 6.92. The Bertz CT molecular complexity index is 136. The molecule has 1 unspecified atom stereocenters. The minimum Gasteiger partial charge on any atom is -0.364 e. The highest BCUT2D eigenvalue weighted by Gasteiger charge is 2.40. The standard InChI is InChI=1S/C8H15NO/c1-4-8(6-10-8)5-9-7(2)3/h5,7H,4,6H2,1-3H3. The summed E-state index contributed by atoms with van der Waals surface area (Å²) in [5.74, 6) is 0. The van der Waals surface area contributed by atoms with Gasteiger partial charge in [0.1, 0.15) is 5.60 Å². The molecule has 1 aliphatic heterocycles. The van der Waals surface area contributed by atoms with E-state index in [4.69, 9.17) is 4.74 Å². The Balaban J connectivity index is 2.36. The highest BCUT2D eigenvalue weighted by atomic mass is 16.6. The van der Waals surface area contributed by atoms with E-state index in [1.807, 2.05) is 6.21 Å². The number of hydrogen-bond donors (Lipinski definition) is 0. The highest BCUT2D eigenvalue weighted by molar-refractivity contribution is 5.72. The number of aliphatic imine (C=N–C) groups is 1. The van der Waals surface area contributed by atoms with Gasteiger partial charge in [0.15, 0.2) is 0 Å². The van der Waals surface area contributed by atoms with Gasteiger partial charge in [0.05, 0.1) is 6.61 Å². The summed E-state index contributed by atoms with van der Waals surface area (Å²) in [7, 11) is 0. The molecule has 0 aromatic carbocycles. The van der Waals surface area contributed by atoms with Crippen LogP contribution in [0.4, 0.5) is 0 Å². The molecule has 0 aliphatic carbocycles. The van der Waals surface area contributed by atoms with Crippen molar-refractivity contribution in [2.24, 2.45) is 4.99 Å². The van der Waals surface area contributed by atoms with Gasteiger partial charge in [-0.25, -0.2) is 0 Å². The minimum absolute atomic E-state index is 0.0320. The van der Waals surface area contributed by atoms with E-state index in [2.05, 4.69) is 25.8 Å². The first-order chi connectivity index (χ1) is 4.68. The second-order valence-electron chi connectivity index (χ2n) is 3.08. The number of rotatable bonds is 3. The van der Waals surface area contributed by atoms with Crippen LogP contribution in [0.1, 0.15) is 27.2 Å². The van der Waals surface area contributed by atoms with E-state index < -0.39 is 0 Å². The van der Waals surface area contributed by atoms with Crippen LogP contribution in [-0.2, 0) is 4.74 Å². The predicted octanol–water partition coefficient (Wildman–Crippen LogP) is 1.64. The quantitative estimate of drug-likeness (QED) is 0.433. The molecule has 1 rings (SSSR count). The summed E-state index contributed by atoms with van der Waals surface area (Å²) in [5, 5.41) is 0. The van der Waals surface area contributed by atoms with Crippen LogP contribution in [0.5, 0.6) is 0 Å². The number of epoxide rings is 1. The summed E-state index contributed by atoms with van der Waals surface area (Å²) in [6, 6.07) is 0.396. The minimum atomic E-state index is 0.0320. The summed E-state index contributed by atoms with van der Waals surface area (Å²) in [6.45, 7) is 7.13. The number of ether oxygens (including phenoxy) is 1. The van der Waals surface area contributed by atoms with Gasteiger partial charge in [0, 0.05) is 12.3 Å². The molecule has 1 heterocycles. The van der Waals surface area contributed by atoms with Crippen molar-refractivity contribution in [1.29, 1.82) is 0 Å². The summed E-state index contributed by atoms with van der Waals surface area (Å²) >= 11 is 0. The maximum Gasteiger partial charge on any atom is 0.126 e. The molecule has 1 saturated heterocycles. The summed E-state index contributed by atoms with van der Waals surface area (Å²) in [6.07, 6.45) is 3.00. The molecule has 1 aliphatic rings. The van der Waals surface area contributed by atoms with Gasteiger partial charge in [0.2, 0.25) is 0 Å². The first-order valence-electron chi connectivity index (χ1n) is 3.87. The second kappa shape index (κ2) is 2.70. The molecule has 1 fully saturated rings. The zero-order valence-electron chi connectivity index (χ0n) is 6.92. The van der Waals surface area contributed by atoms with E-state index in [1.165, 1.54) is 0 Å². The van der Waals surface area contributed by atoms with E-state index >= 15 is 0 Å². The van der Waals surface area contributed by atoms with E-state index in [9.17, 15) is 0 Å². The van der Waals surface area contributed by atoms with E-state index in [0.29, 0.717) is 6.04 Å². The third kappa shape index (κ3) is 1.81. The third-order valence-corrected chi connectivity index (χ3v) is 1.72. The van der Waals surface area contributed by atoms with Crippen molar-refractivity contribution in [2.45, 2.75) is 38.8 Å². The second-order valence-corrected chi connectivity index (χ2v) is 3.08. The molecule has 2 heteroatoms. The van der Waals surface area contributed by atoms with Crippen LogP contribution < -0.4 is 0 Å². The van der Waals surface area contributed by atoms with E-state index in [1.54, 1.807) is 0 Å². The van der Waals surface area contributed by atoms with Gasteiger partial charge < -0.3 is 4.74 Å². The fraction of sp³-hybridized carbons (Fsp3) is 0.875. The highest BCUT2D eigenvalue weighted by Crippen LogP contribution is 2.28. The number of nitrogens with zero attached hydrogens (tertiary/aromatic N) is 1. The van der Waals surface area contributed by atoms with Crippen molar-refractivity contribution in [3.8, 4) is 0 Å². The summed E-state index contributed by atoms with van der Waals surface area (Å²) in [4.78, 5) is 4.28. The van der Waals surface area contributed by atoms with Gasteiger partial charge in [-0.3, -0.25) is 4.99 Å². The molecular formula is C8H15NO. The lowest BCUT2D eigenvalue weighted by Crippen LogP contribution is -2.11. The van der Waals surface area contributed by atoms with Gasteiger partial charge in [-0.1, -0.05) is 6.92 Å². The van der Waals surface area contributed by atoms with Crippen LogP contribution >= 0.6 is 0 Å². The Morgan fingerprint density at radius 3 is 2.60 bits per heavy atom. The van der Waals surface area contributed by atoms with Crippen molar-refractivity contribution >= 4 is 6.21 Å². The van der Waals surface area contributed by atoms with Crippen LogP contribution in [-0.4, -0.2) is 24.5 Å². The van der Waals surface area contributed by atoms with Crippen LogP contribution in [0.15, 0.2) is 4.99 Å². The van der Waals surface area contributed by atoms with Crippen LogP contribution in [0.3, 0.4) is 0 Å². The molecule has 0 bridgehead atoms. The molecule has 0 spiro atoms. The molecular weight excluding hydrogens is 126 g/mol. The monoisotopic (exact) mass is 141 g/mol. The lowest BCUT2D eigenvalue weighted by molar-refractivity contribution is 0.364. The summed E-state index contributed by atoms with van der Waals surface area (Å²) < 4.78 is 5.25. The first kappa shape index (κ1) is 7.73. The fourth-order valence-corrected chi connectivity index (χ4v) is 0.748. The van der Waals surface area contributed by atoms with Crippen molar-refractivity contribution in [1.82, 2.24) is 0 Å². The largest absolute Gasteiger partial charge is 0.364 e. The topological polar surface area (TPSA) is 24.9 Å². The molecule has 0 N–H and O–H groups in total. The maximum atomic E-state index is 5.25. The Morgan fingerprint density at radius 1 is 1.70 bits per heavy atom. The lowest BCUT2D eigenvalue weighted by atomic mass is 10.1. The molecule has 10 heavy (non-hydrogen) atoms.